The van der Waals surface area contributed by atoms with Crippen LogP contribution in [-0.4, -0.2) is 43.5 Å². The topological polar surface area (TPSA) is 107 Å². The molecule has 1 N–H and O–H groups in total. The van der Waals surface area contributed by atoms with Crippen molar-refractivity contribution in [2.75, 3.05) is 6.54 Å². The molecular weight excluding hydrogens is 557 g/mol. The summed E-state index contributed by atoms with van der Waals surface area (Å²) in [5.74, 6) is -0.143. The Balaban J connectivity index is 0.000000150. The standard InChI is InChI=1S/C20H16O2.C9H11N5O.C6H5F/c1-11-9-17-13(12(2)20(11)22)7-8-15-14-5-3-4-6-16(14)19(21)10-18(15)17;1-2-11-8(15)4-14-6-13-9-7(14)3-10-5-12-9;7-6-4-2-1-3-5-6/h3-12H,1-2H3;3,5-6H,2,4H2,1H3,(H,11,15);1-5H. The number of hydrogen-bond acceptors (Lipinski definition) is 6. The Morgan fingerprint density at radius 2 is 1.64 bits per heavy atom. The molecule has 8 nitrogen and oxygen atoms in total. The minimum Gasteiger partial charge on any atom is -0.355 e. The first-order chi connectivity index (χ1) is 21.3. The van der Waals surface area contributed by atoms with E-state index in [1.807, 2.05) is 63.2 Å². The van der Waals surface area contributed by atoms with E-state index < -0.39 is 0 Å². The van der Waals surface area contributed by atoms with E-state index in [1.54, 1.807) is 41.4 Å². The van der Waals surface area contributed by atoms with Gasteiger partial charge in [-0.1, -0.05) is 74.5 Å². The van der Waals surface area contributed by atoms with Gasteiger partial charge in [-0.05, 0) is 52.3 Å². The average Bonchev–Trinajstić information content (AvgIpc) is 3.44. The Morgan fingerprint density at radius 3 is 2.34 bits per heavy atom. The third kappa shape index (κ3) is 6.36. The van der Waals surface area contributed by atoms with Crippen molar-refractivity contribution in [3.8, 4) is 11.1 Å². The second-order valence-electron chi connectivity index (χ2n) is 10.5. The van der Waals surface area contributed by atoms with Gasteiger partial charge in [0.15, 0.2) is 11.4 Å². The molecule has 0 bridgehead atoms. The summed E-state index contributed by atoms with van der Waals surface area (Å²) in [7, 11) is 0. The zero-order chi connectivity index (χ0) is 31.2. The monoisotopic (exact) mass is 589 g/mol. The normalized spacial score (nSPS) is 16.0. The number of imidazole rings is 1. The second kappa shape index (κ2) is 13.3. The summed E-state index contributed by atoms with van der Waals surface area (Å²) in [5.41, 5.74) is 5.23. The number of benzene rings is 3. The first-order valence-electron chi connectivity index (χ1n) is 14.4. The number of halogens is 1. The molecule has 0 spiro atoms. The van der Waals surface area contributed by atoms with Crippen molar-refractivity contribution >= 4 is 40.8 Å². The molecule has 0 saturated heterocycles. The van der Waals surface area contributed by atoms with Crippen LogP contribution in [0.25, 0.3) is 34.4 Å². The number of nitrogens with zero attached hydrogens (tertiary/aromatic N) is 4. The molecule has 7 rings (SSSR count). The van der Waals surface area contributed by atoms with Crippen LogP contribution in [0.4, 0.5) is 4.39 Å². The zero-order valence-electron chi connectivity index (χ0n) is 24.7. The number of Topliss-reactive ketones (excluding diaryl/α,β-unsaturated/α-hetero) is 2. The molecule has 0 fully saturated rings. The van der Waals surface area contributed by atoms with Crippen LogP contribution in [0.5, 0.6) is 0 Å². The number of carbonyl (C=O) groups is 3. The number of ketones is 2. The van der Waals surface area contributed by atoms with Crippen LogP contribution >= 0.6 is 0 Å². The Hall–Kier alpha value is -5.31. The zero-order valence-corrected chi connectivity index (χ0v) is 24.7. The summed E-state index contributed by atoms with van der Waals surface area (Å²) in [6, 6.07) is 19.7. The number of carbonyl (C=O) groups excluding carboxylic acids is 3. The molecule has 2 unspecified atom stereocenters. The molecule has 1 amide bonds. The molecule has 0 aliphatic heterocycles. The predicted octanol–water partition coefficient (Wildman–Crippen LogP) is 4.22. The van der Waals surface area contributed by atoms with E-state index in [4.69, 9.17) is 0 Å². The number of aromatic nitrogens is 4. The van der Waals surface area contributed by atoms with Gasteiger partial charge in [0.25, 0.3) is 0 Å². The highest BCUT2D eigenvalue weighted by Gasteiger charge is 2.27. The molecule has 2 heterocycles. The lowest BCUT2D eigenvalue weighted by Crippen LogP contribution is -2.40. The molecular formula is C35H32FN5O3. The maximum Gasteiger partial charge on any atom is 0.239 e. The molecule has 2 atom stereocenters. The Kier molecular flexibility index (Phi) is 9.14. The van der Waals surface area contributed by atoms with Crippen LogP contribution < -0.4 is 15.8 Å². The number of fused-ring (bicyclic) bond motifs is 6. The van der Waals surface area contributed by atoms with Crippen molar-refractivity contribution in [3.63, 3.8) is 0 Å². The second-order valence-corrected chi connectivity index (χ2v) is 10.5. The van der Waals surface area contributed by atoms with Crippen LogP contribution in [0.15, 0.2) is 85.6 Å². The van der Waals surface area contributed by atoms with Gasteiger partial charge in [0.2, 0.25) is 5.91 Å². The van der Waals surface area contributed by atoms with Crippen LogP contribution in [0.2, 0.25) is 0 Å². The number of nitrogens with one attached hydrogen (secondary N) is 1. The Labute approximate surface area is 254 Å². The number of likely N-dealkylation sites (N-methyl/N-ethyl adjacent to an activating group) is 1. The molecule has 9 heteroatoms. The minimum atomic E-state index is -0.178. The number of rotatable bonds is 3. The van der Waals surface area contributed by atoms with E-state index in [-0.39, 0.29) is 41.7 Å². The fourth-order valence-corrected chi connectivity index (χ4v) is 5.38. The van der Waals surface area contributed by atoms with Crippen molar-refractivity contribution in [1.29, 1.82) is 0 Å². The molecule has 0 radical (unpaired) electrons. The van der Waals surface area contributed by atoms with E-state index in [1.165, 1.54) is 18.5 Å². The molecule has 2 aliphatic carbocycles. The summed E-state index contributed by atoms with van der Waals surface area (Å²) < 4.78 is 13.6. The van der Waals surface area contributed by atoms with Crippen LogP contribution in [0.1, 0.15) is 42.6 Å². The SMILES string of the molecule is CC1C=c2c(ccc3c2=CC(=O)c2ccccc2-3)C(C)C1=O.CCNC(=O)Cn1cnc2ncncc21.Fc1ccccc1. The third-order valence-electron chi connectivity index (χ3n) is 7.56. The highest BCUT2D eigenvalue weighted by Crippen LogP contribution is 2.27. The van der Waals surface area contributed by atoms with Crippen molar-refractivity contribution in [2.24, 2.45) is 5.92 Å². The van der Waals surface area contributed by atoms with E-state index in [0.29, 0.717) is 12.2 Å². The van der Waals surface area contributed by atoms with E-state index in [2.05, 4.69) is 20.3 Å². The summed E-state index contributed by atoms with van der Waals surface area (Å²) in [5, 5.41) is 4.74. The highest BCUT2D eigenvalue weighted by atomic mass is 19.1. The predicted molar refractivity (Wildman–Crippen MR) is 167 cm³/mol. The highest BCUT2D eigenvalue weighted by molar-refractivity contribution is 6.22. The van der Waals surface area contributed by atoms with E-state index in [0.717, 1.165) is 38.2 Å². The van der Waals surface area contributed by atoms with Crippen LogP contribution in [0, 0.1) is 11.7 Å². The lowest BCUT2D eigenvalue weighted by atomic mass is 9.79. The van der Waals surface area contributed by atoms with Gasteiger partial charge in [-0.25, -0.2) is 19.3 Å². The maximum absolute atomic E-state index is 12.4. The van der Waals surface area contributed by atoms with Gasteiger partial charge in [0.05, 0.1) is 12.5 Å². The summed E-state index contributed by atoms with van der Waals surface area (Å²) >= 11 is 0. The lowest BCUT2D eigenvalue weighted by molar-refractivity contribution is -0.122. The summed E-state index contributed by atoms with van der Waals surface area (Å²) in [4.78, 5) is 47.9. The first kappa shape index (κ1) is 30.2. The Bertz CT molecular complexity index is 1970. The fourth-order valence-electron chi connectivity index (χ4n) is 5.38. The molecule has 2 aliphatic rings. The molecule has 222 valence electrons. The quantitative estimate of drug-likeness (QED) is 0.338. The molecule has 5 aromatic rings. The number of amides is 1. The van der Waals surface area contributed by atoms with Crippen molar-refractivity contribution in [3.05, 3.63) is 113 Å². The Morgan fingerprint density at radius 1 is 0.909 bits per heavy atom. The van der Waals surface area contributed by atoms with E-state index >= 15 is 0 Å². The molecule has 2 aromatic heterocycles. The molecule has 3 aromatic carbocycles. The van der Waals surface area contributed by atoms with Gasteiger partial charge in [-0.2, -0.15) is 0 Å². The fraction of sp³-hybridized carbons (Fsp3) is 0.200. The van der Waals surface area contributed by atoms with Gasteiger partial charge >= 0.3 is 0 Å². The number of hydrogen-bond donors (Lipinski definition) is 1. The smallest absolute Gasteiger partial charge is 0.239 e. The minimum absolute atomic E-state index is 0.0411. The lowest BCUT2D eigenvalue weighted by Gasteiger charge is -2.23. The van der Waals surface area contributed by atoms with E-state index in [9.17, 15) is 18.8 Å². The van der Waals surface area contributed by atoms with Gasteiger partial charge in [-0.3, -0.25) is 14.4 Å². The van der Waals surface area contributed by atoms with Crippen LogP contribution in [-0.2, 0) is 16.1 Å². The van der Waals surface area contributed by atoms with Gasteiger partial charge < -0.3 is 9.88 Å². The summed E-state index contributed by atoms with van der Waals surface area (Å²) in [6.07, 6.45) is 8.41. The average molecular weight is 590 g/mol. The molecule has 0 saturated carbocycles. The van der Waals surface area contributed by atoms with Crippen molar-refractivity contribution < 1.29 is 18.8 Å². The van der Waals surface area contributed by atoms with Gasteiger partial charge in [0, 0.05) is 23.9 Å². The van der Waals surface area contributed by atoms with Crippen molar-refractivity contribution in [2.45, 2.75) is 33.2 Å². The maximum atomic E-state index is 12.4. The largest absolute Gasteiger partial charge is 0.355 e. The van der Waals surface area contributed by atoms with Crippen molar-refractivity contribution in [1.82, 2.24) is 24.8 Å². The summed E-state index contributed by atoms with van der Waals surface area (Å²) in [6.45, 7) is 6.64. The van der Waals surface area contributed by atoms with Crippen LogP contribution in [0.3, 0.4) is 0 Å². The molecule has 44 heavy (non-hydrogen) atoms. The van der Waals surface area contributed by atoms with Gasteiger partial charge in [-0.15, -0.1) is 0 Å². The van der Waals surface area contributed by atoms with Gasteiger partial charge in [0.1, 0.15) is 30.0 Å². The third-order valence-corrected chi connectivity index (χ3v) is 7.56. The first-order valence-corrected chi connectivity index (χ1v) is 14.4.